The van der Waals surface area contributed by atoms with E-state index in [4.69, 9.17) is 0 Å². The minimum absolute atomic E-state index is 0.0211. The van der Waals surface area contributed by atoms with E-state index >= 15 is 0 Å². The first-order valence-electron chi connectivity index (χ1n) is 9.01. The van der Waals surface area contributed by atoms with E-state index in [2.05, 4.69) is 25.4 Å². The highest BCUT2D eigenvalue weighted by Crippen LogP contribution is 2.29. The Labute approximate surface area is 174 Å². The molecule has 11 heteroatoms. The molecule has 4 aromatic rings. The molecule has 0 saturated carbocycles. The average molecular weight is 423 g/mol. The van der Waals surface area contributed by atoms with E-state index in [1.165, 1.54) is 17.4 Å². The molecule has 10 nitrogen and oxygen atoms in total. The summed E-state index contributed by atoms with van der Waals surface area (Å²) in [6.07, 6.45) is -0.0211. The van der Waals surface area contributed by atoms with Crippen molar-refractivity contribution < 1.29 is 9.72 Å². The van der Waals surface area contributed by atoms with Gasteiger partial charge in [0.1, 0.15) is 0 Å². The van der Waals surface area contributed by atoms with Crippen molar-refractivity contribution >= 4 is 33.8 Å². The molecule has 3 aromatic heterocycles. The fourth-order valence-electron chi connectivity index (χ4n) is 3.02. The van der Waals surface area contributed by atoms with Crippen molar-refractivity contribution in [1.82, 2.24) is 24.6 Å². The lowest BCUT2D eigenvalue weighted by molar-refractivity contribution is -0.385. The molecule has 1 amide bonds. The maximum Gasteiger partial charge on any atom is 0.272 e. The lowest BCUT2D eigenvalue weighted by Crippen LogP contribution is -2.15. The van der Waals surface area contributed by atoms with E-state index in [9.17, 15) is 14.9 Å². The summed E-state index contributed by atoms with van der Waals surface area (Å²) in [6.45, 7) is 5.45. The zero-order chi connectivity index (χ0) is 21.4. The van der Waals surface area contributed by atoms with Crippen molar-refractivity contribution in [3.63, 3.8) is 0 Å². The molecule has 152 valence electrons. The number of nitro benzene ring substituents is 1. The first kappa shape index (κ1) is 19.6. The predicted octanol–water partition coefficient (Wildman–Crippen LogP) is 3.26. The SMILES string of the molecule is Cc1cc(C)n2nc(CC(=O)Nc3nc(-c4ccc(C)c([N+](=O)[O-])c4)cs3)nc2n1. The van der Waals surface area contributed by atoms with Crippen molar-refractivity contribution in [2.24, 2.45) is 0 Å². The van der Waals surface area contributed by atoms with E-state index in [0.29, 0.717) is 33.6 Å². The quantitative estimate of drug-likeness (QED) is 0.385. The third-order valence-electron chi connectivity index (χ3n) is 4.43. The Morgan fingerprint density at radius 1 is 1.20 bits per heavy atom. The van der Waals surface area contributed by atoms with Crippen LogP contribution in [0.4, 0.5) is 10.8 Å². The fraction of sp³-hybridized carbons (Fsp3) is 0.211. The van der Waals surface area contributed by atoms with Gasteiger partial charge in [0, 0.05) is 34.0 Å². The number of aromatic nitrogens is 5. The smallest absolute Gasteiger partial charge is 0.272 e. The van der Waals surface area contributed by atoms with Crippen molar-refractivity contribution in [2.75, 3.05) is 5.32 Å². The highest BCUT2D eigenvalue weighted by Gasteiger charge is 2.16. The second-order valence-corrected chi connectivity index (χ2v) is 7.66. The average Bonchev–Trinajstić information content (AvgIpc) is 3.28. The molecule has 0 atom stereocenters. The summed E-state index contributed by atoms with van der Waals surface area (Å²) >= 11 is 1.24. The minimum atomic E-state index is -0.423. The number of aryl methyl sites for hydroxylation is 3. The molecular formula is C19H17N7O3S. The van der Waals surface area contributed by atoms with Gasteiger partial charge in [-0.05, 0) is 26.8 Å². The van der Waals surface area contributed by atoms with E-state index in [0.717, 1.165) is 11.4 Å². The van der Waals surface area contributed by atoms with Gasteiger partial charge in [-0.25, -0.2) is 14.5 Å². The number of nitrogens with one attached hydrogen (secondary N) is 1. The Hall–Kier alpha value is -3.73. The van der Waals surface area contributed by atoms with E-state index < -0.39 is 4.92 Å². The molecule has 0 aliphatic rings. The molecule has 4 rings (SSSR count). The van der Waals surface area contributed by atoms with Crippen LogP contribution in [0.25, 0.3) is 17.0 Å². The number of carbonyl (C=O) groups is 1. The highest BCUT2D eigenvalue weighted by atomic mass is 32.1. The molecule has 1 aromatic carbocycles. The van der Waals surface area contributed by atoms with Gasteiger partial charge in [0.05, 0.1) is 17.0 Å². The van der Waals surface area contributed by atoms with Crippen molar-refractivity contribution in [3.05, 3.63) is 62.5 Å². The molecule has 3 heterocycles. The van der Waals surface area contributed by atoms with Crippen LogP contribution in [0.2, 0.25) is 0 Å². The lowest BCUT2D eigenvalue weighted by atomic mass is 10.1. The molecule has 0 bridgehead atoms. The number of amides is 1. The van der Waals surface area contributed by atoms with E-state index in [1.54, 1.807) is 29.0 Å². The van der Waals surface area contributed by atoms with Crippen LogP contribution in [0.1, 0.15) is 22.8 Å². The molecule has 0 unspecified atom stereocenters. The van der Waals surface area contributed by atoms with Crippen molar-refractivity contribution in [3.8, 4) is 11.3 Å². The van der Waals surface area contributed by atoms with E-state index in [-0.39, 0.29) is 18.0 Å². The minimum Gasteiger partial charge on any atom is -0.302 e. The summed E-state index contributed by atoms with van der Waals surface area (Å²) in [4.78, 5) is 36.1. The summed E-state index contributed by atoms with van der Waals surface area (Å²) in [7, 11) is 0. The maximum absolute atomic E-state index is 12.4. The number of thiazole rings is 1. The van der Waals surface area contributed by atoms with Crippen LogP contribution in [0.5, 0.6) is 0 Å². The Balaban J connectivity index is 1.49. The monoisotopic (exact) mass is 423 g/mol. The van der Waals surface area contributed by atoms with Crippen LogP contribution in [0.15, 0.2) is 29.6 Å². The number of hydrogen-bond acceptors (Lipinski definition) is 8. The molecule has 0 aliphatic carbocycles. The molecule has 0 aliphatic heterocycles. The van der Waals surface area contributed by atoms with Gasteiger partial charge in [0.15, 0.2) is 11.0 Å². The largest absolute Gasteiger partial charge is 0.302 e. The zero-order valence-corrected chi connectivity index (χ0v) is 17.2. The summed E-state index contributed by atoms with van der Waals surface area (Å²) in [5.41, 5.74) is 3.49. The fourth-order valence-corrected chi connectivity index (χ4v) is 3.75. The zero-order valence-electron chi connectivity index (χ0n) is 16.4. The number of nitro groups is 1. The van der Waals surface area contributed by atoms with Gasteiger partial charge < -0.3 is 5.32 Å². The first-order valence-corrected chi connectivity index (χ1v) is 9.89. The molecule has 0 fully saturated rings. The van der Waals surface area contributed by atoms with Gasteiger partial charge in [-0.2, -0.15) is 4.98 Å². The van der Waals surface area contributed by atoms with Gasteiger partial charge in [-0.1, -0.05) is 12.1 Å². The molecule has 0 saturated heterocycles. The normalized spacial score (nSPS) is 11.0. The van der Waals surface area contributed by atoms with E-state index in [1.807, 2.05) is 19.9 Å². The number of benzene rings is 1. The summed E-state index contributed by atoms with van der Waals surface area (Å²) < 4.78 is 1.60. The van der Waals surface area contributed by atoms with Crippen molar-refractivity contribution in [1.29, 1.82) is 0 Å². The Kier molecular flexibility index (Phi) is 4.96. The third kappa shape index (κ3) is 3.87. The number of fused-ring (bicyclic) bond motifs is 1. The van der Waals surface area contributed by atoms with Crippen LogP contribution in [0.3, 0.4) is 0 Å². The Bertz CT molecular complexity index is 1290. The molecule has 1 N–H and O–H groups in total. The Morgan fingerprint density at radius 2 is 2.00 bits per heavy atom. The number of nitrogens with zero attached hydrogens (tertiary/aromatic N) is 6. The number of hydrogen-bond donors (Lipinski definition) is 1. The summed E-state index contributed by atoms with van der Waals surface area (Å²) in [5.74, 6) is 0.503. The lowest BCUT2D eigenvalue weighted by Gasteiger charge is -2.01. The van der Waals surface area contributed by atoms with Gasteiger partial charge >= 0.3 is 0 Å². The van der Waals surface area contributed by atoms with Gasteiger partial charge in [-0.3, -0.25) is 14.9 Å². The standard InChI is InChI=1S/C19H17N7O3S/c1-10-4-5-13(7-15(10)26(28)29)14-9-30-19(21-14)23-17(27)8-16-22-18-20-11(2)6-12(3)25(18)24-16/h4-7,9H,8H2,1-3H3,(H,21,23,27). The molecule has 30 heavy (non-hydrogen) atoms. The summed E-state index contributed by atoms with van der Waals surface area (Å²) in [5, 5.41) is 20.3. The summed E-state index contributed by atoms with van der Waals surface area (Å²) in [6, 6.07) is 6.81. The number of carbonyl (C=O) groups excluding carboxylic acids is 1. The van der Waals surface area contributed by atoms with Crippen LogP contribution < -0.4 is 5.32 Å². The van der Waals surface area contributed by atoms with Crippen LogP contribution in [-0.4, -0.2) is 35.4 Å². The Morgan fingerprint density at radius 3 is 2.77 bits per heavy atom. The topological polar surface area (TPSA) is 128 Å². The molecule has 0 spiro atoms. The molecular weight excluding hydrogens is 406 g/mol. The third-order valence-corrected chi connectivity index (χ3v) is 5.19. The first-order chi connectivity index (χ1) is 14.3. The van der Waals surface area contributed by atoms with Crippen LogP contribution in [-0.2, 0) is 11.2 Å². The van der Waals surface area contributed by atoms with Crippen LogP contribution in [0, 0.1) is 30.9 Å². The second kappa shape index (κ2) is 7.59. The van der Waals surface area contributed by atoms with Crippen LogP contribution >= 0.6 is 11.3 Å². The molecule has 0 radical (unpaired) electrons. The highest BCUT2D eigenvalue weighted by molar-refractivity contribution is 7.14. The van der Waals surface area contributed by atoms with Gasteiger partial charge in [0.25, 0.3) is 11.5 Å². The second-order valence-electron chi connectivity index (χ2n) is 6.80. The van der Waals surface area contributed by atoms with Gasteiger partial charge in [-0.15, -0.1) is 16.4 Å². The maximum atomic E-state index is 12.4. The predicted molar refractivity (Wildman–Crippen MR) is 112 cm³/mol. The number of anilines is 1. The number of rotatable bonds is 5. The van der Waals surface area contributed by atoms with Gasteiger partial charge in [0.2, 0.25) is 5.91 Å². The van der Waals surface area contributed by atoms with Crippen molar-refractivity contribution in [2.45, 2.75) is 27.2 Å².